The van der Waals surface area contributed by atoms with Gasteiger partial charge in [0.15, 0.2) is 0 Å². The first kappa shape index (κ1) is 12.3. The maximum absolute atomic E-state index is 8.49. The SMILES string of the molecule is N#C/C(Cl)=C/c1ccc(/C=C(/Cl)C#N)cc1. The van der Waals surface area contributed by atoms with Gasteiger partial charge >= 0.3 is 0 Å². The second kappa shape index (κ2) is 5.98. The molecule has 0 bridgehead atoms. The first-order chi connectivity index (χ1) is 7.65. The minimum atomic E-state index is 0.123. The summed E-state index contributed by atoms with van der Waals surface area (Å²) in [6, 6.07) is 10.8. The van der Waals surface area contributed by atoms with E-state index in [2.05, 4.69) is 0 Å². The third-order valence-electron chi connectivity index (χ3n) is 1.74. The molecule has 0 unspecified atom stereocenters. The van der Waals surface area contributed by atoms with E-state index < -0.39 is 0 Å². The Morgan fingerprint density at radius 2 is 1.19 bits per heavy atom. The summed E-state index contributed by atoms with van der Waals surface area (Å²) < 4.78 is 0. The average molecular weight is 249 g/mol. The number of nitrogens with zero attached hydrogens (tertiary/aromatic N) is 2. The van der Waals surface area contributed by atoms with E-state index in [1.54, 1.807) is 36.4 Å². The van der Waals surface area contributed by atoms with Gasteiger partial charge in [-0.2, -0.15) is 10.5 Å². The molecule has 0 aliphatic rings. The summed E-state index contributed by atoms with van der Waals surface area (Å²) in [5.74, 6) is 0. The van der Waals surface area contributed by atoms with E-state index in [1.165, 1.54) is 0 Å². The zero-order valence-corrected chi connectivity index (χ0v) is 9.63. The highest BCUT2D eigenvalue weighted by atomic mass is 35.5. The summed E-state index contributed by atoms with van der Waals surface area (Å²) in [4.78, 5) is 0. The van der Waals surface area contributed by atoms with Crippen LogP contribution in [-0.2, 0) is 0 Å². The summed E-state index contributed by atoms with van der Waals surface area (Å²) in [7, 11) is 0. The molecule has 0 saturated heterocycles. The molecule has 0 atom stereocenters. The van der Waals surface area contributed by atoms with Crippen molar-refractivity contribution in [3.63, 3.8) is 0 Å². The Kier molecular flexibility index (Phi) is 4.61. The van der Waals surface area contributed by atoms with Gasteiger partial charge < -0.3 is 0 Å². The molecule has 0 spiro atoms. The van der Waals surface area contributed by atoms with Crippen LogP contribution in [-0.4, -0.2) is 0 Å². The number of hydrogen-bond donors (Lipinski definition) is 0. The van der Waals surface area contributed by atoms with Gasteiger partial charge in [0.05, 0.1) is 0 Å². The monoisotopic (exact) mass is 248 g/mol. The number of benzene rings is 1. The highest BCUT2D eigenvalue weighted by Crippen LogP contribution is 2.14. The molecule has 0 N–H and O–H groups in total. The Morgan fingerprint density at radius 1 is 0.875 bits per heavy atom. The van der Waals surface area contributed by atoms with Gasteiger partial charge in [-0.15, -0.1) is 0 Å². The first-order valence-corrected chi connectivity index (χ1v) is 5.06. The molecule has 4 heteroatoms. The molecule has 0 aliphatic carbocycles. The van der Waals surface area contributed by atoms with Crippen molar-refractivity contribution in [2.75, 3.05) is 0 Å². The van der Waals surface area contributed by atoms with Crippen LogP contribution >= 0.6 is 23.2 Å². The molecule has 0 heterocycles. The average Bonchev–Trinajstić information content (AvgIpc) is 2.31. The highest BCUT2D eigenvalue weighted by Gasteiger charge is 1.94. The van der Waals surface area contributed by atoms with E-state index in [4.69, 9.17) is 33.7 Å². The van der Waals surface area contributed by atoms with Crippen molar-refractivity contribution in [3.05, 3.63) is 45.5 Å². The smallest absolute Gasteiger partial charge is 0.118 e. The van der Waals surface area contributed by atoms with Gasteiger partial charge in [-0.1, -0.05) is 47.5 Å². The quantitative estimate of drug-likeness (QED) is 0.746. The lowest BCUT2D eigenvalue weighted by Crippen LogP contribution is -1.76. The molecule has 1 aromatic rings. The van der Waals surface area contributed by atoms with Crippen LogP contribution in [0.4, 0.5) is 0 Å². The van der Waals surface area contributed by atoms with E-state index >= 15 is 0 Å². The number of rotatable bonds is 2. The zero-order chi connectivity index (χ0) is 12.0. The predicted molar refractivity (Wildman–Crippen MR) is 65.3 cm³/mol. The van der Waals surface area contributed by atoms with Gasteiger partial charge in [-0.25, -0.2) is 0 Å². The standard InChI is InChI=1S/C12H6Cl2N2/c13-11(7-15)5-9-1-2-10(4-3-9)6-12(14)8-16/h1-6H/b11-5-,12-6+. The summed E-state index contributed by atoms with van der Waals surface area (Å²) >= 11 is 11.1. The molecular weight excluding hydrogens is 243 g/mol. The van der Waals surface area contributed by atoms with Crippen LogP contribution in [0, 0.1) is 22.7 Å². The highest BCUT2D eigenvalue weighted by molar-refractivity contribution is 6.34. The molecule has 0 saturated carbocycles. The van der Waals surface area contributed by atoms with Gasteiger partial charge in [0, 0.05) is 0 Å². The number of halogens is 2. The topological polar surface area (TPSA) is 47.6 Å². The van der Waals surface area contributed by atoms with Crippen molar-refractivity contribution in [3.8, 4) is 12.1 Å². The van der Waals surface area contributed by atoms with E-state index in [9.17, 15) is 0 Å². The molecule has 78 valence electrons. The van der Waals surface area contributed by atoms with E-state index in [1.807, 2.05) is 12.1 Å². The van der Waals surface area contributed by atoms with Crippen molar-refractivity contribution in [2.24, 2.45) is 0 Å². The van der Waals surface area contributed by atoms with Gasteiger partial charge in [0.2, 0.25) is 0 Å². The Bertz CT molecular complexity index is 464. The molecule has 0 aromatic heterocycles. The number of allylic oxidation sites excluding steroid dienone is 2. The second-order valence-electron chi connectivity index (χ2n) is 2.87. The normalized spacial score (nSPS) is 11.8. The lowest BCUT2D eigenvalue weighted by molar-refractivity contribution is 1.52. The van der Waals surface area contributed by atoms with Crippen molar-refractivity contribution in [1.29, 1.82) is 10.5 Å². The molecule has 0 aliphatic heterocycles. The van der Waals surface area contributed by atoms with Crippen molar-refractivity contribution in [2.45, 2.75) is 0 Å². The van der Waals surface area contributed by atoms with Crippen LogP contribution in [0.5, 0.6) is 0 Å². The third kappa shape index (κ3) is 3.79. The first-order valence-electron chi connectivity index (χ1n) is 4.30. The molecule has 0 fully saturated rings. The summed E-state index contributed by atoms with van der Waals surface area (Å²) in [6.07, 6.45) is 3.11. The Hall–Kier alpha value is -1.74. The maximum Gasteiger partial charge on any atom is 0.118 e. The van der Waals surface area contributed by atoms with Crippen LogP contribution < -0.4 is 0 Å². The molecule has 1 rings (SSSR count). The third-order valence-corrected chi connectivity index (χ3v) is 2.12. The van der Waals surface area contributed by atoms with Crippen LogP contribution in [0.25, 0.3) is 12.2 Å². The van der Waals surface area contributed by atoms with Gasteiger partial charge in [-0.05, 0) is 23.3 Å². The zero-order valence-electron chi connectivity index (χ0n) is 8.11. The van der Waals surface area contributed by atoms with Crippen LogP contribution in [0.15, 0.2) is 34.3 Å². The van der Waals surface area contributed by atoms with Crippen LogP contribution in [0.3, 0.4) is 0 Å². The lowest BCUT2D eigenvalue weighted by Gasteiger charge is -1.95. The van der Waals surface area contributed by atoms with Crippen molar-refractivity contribution >= 4 is 35.4 Å². The second-order valence-corrected chi connectivity index (χ2v) is 3.69. The van der Waals surface area contributed by atoms with Crippen LogP contribution in [0.1, 0.15) is 11.1 Å². The van der Waals surface area contributed by atoms with E-state index in [0.717, 1.165) is 11.1 Å². The Balaban J connectivity index is 2.94. The maximum atomic E-state index is 8.49. The van der Waals surface area contributed by atoms with Crippen molar-refractivity contribution in [1.82, 2.24) is 0 Å². The lowest BCUT2D eigenvalue weighted by atomic mass is 10.1. The van der Waals surface area contributed by atoms with Crippen molar-refractivity contribution < 1.29 is 0 Å². The molecule has 1 aromatic carbocycles. The van der Waals surface area contributed by atoms with Gasteiger partial charge in [0.25, 0.3) is 0 Å². The van der Waals surface area contributed by atoms with Gasteiger partial charge in [0.1, 0.15) is 22.2 Å². The van der Waals surface area contributed by atoms with Crippen LogP contribution in [0.2, 0.25) is 0 Å². The van der Waals surface area contributed by atoms with Gasteiger partial charge in [-0.3, -0.25) is 0 Å². The summed E-state index contributed by atoms with van der Waals surface area (Å²) in [5.41, 5.74) is 1.63. The van der Waals surface area contributed by atoms with E-state index in [-0.39, 0.29) is 10.1 Å². The van der Waals surface area contributed by atoms with E-state index in [0.29, 0.717) is 0 Å². The predicted octanol–water partition coefficient (Wildman–Crippen LogP) is 3.89. The Labute approximate surface area is 104 Å². The Morgan fingerprint density at radius 3 is 1.44 bits per heavy atom. The largest absolute Gasteiger partial charge is 0.191 e. The summed E-state index contributed by atoms with van der Waals surface area (Å²) in [5, 5.41) is 17.2. The fourth-order valence-electron chi connectivity index (χ4n) is 1.05. The number of hydrogen-bond acceptors (Lipinski definition) is 2. The fraction of sp³-hybridized carbons (Fsp3) is 0. The molecule has 0 amide bonds. The molecule has 0 radical (unpaired) electrons. The minimum absolute atomic E-state index is 0.123. The molecular formula is C12H6Cl2N2. The summed E-state index contributed by atoms with van der Waals surface area (Å²) in [6.45, 7) is 0. The number of nitriles is 2. The minimum Gasteiger partial charge on any atom is -0.191 e. The molecule has 2 nitrogen and oxygen atoms in total. The fourth-order valence-corrected chi connectivity index (χ4v) is 1.30. The molecule has 16 heavy (non-hydrogen) atoms.